The number of methoxy groups -OCH3 is 2. The van der Waals surface area contributed by atoms with Crippen molar-refractivity contribution in [2.45, 2.75) is 25.8 Å². The molecule has 0 unspecified atom stereocenters. The Morgan fingerprint density at radius 2 is 1.74 bits per heavy atom. The highest BCUT2D eigenvalue weighted by atomic mass is 16.5. The summed E-state index contributed by atoms with van der Waals surface area (Å²) in [5, 5.41) is 9.89. The van der Waals surface area contributed by atoms with Gasteiger partial charge in [0.05, 0.1) is 32.8 Å². The van der Waals surface area contributed by atoms with E-state index in [0.29, 0.717) is 11.5 Å². The Morgan fingerprint density at radius 1 is 1.00 bits per heavy atom. The van der Waals surface area contributed by atoms with Gasteiger partial charge in [-0.3, -0.25) is 4.40 Å². The number of hydrogen-bond acceptors (Lipinski definition) is 5. The van der Waals surface area contributed by atoms with Crippen molar-refractivity contribution >= 4 is 16.6 Å². The number of nitrogens with zero attached hydrogens (tertiary/aromatic N) is 4. The van der Waals surface area contributed by atoms with Gasteiger partial charge >= 0.3 is 0 Å². The van der Waals surface area contributed by atoms with Crippen LogP contribution in [0.1, 0.15) is 24.2 Å². The van der Waals surface area contributed by atoms with Gasteiger partial charge in [0.2, 0.25) is 0 Å². The molecule has 160 valence electrons. The number of rotatable bonds is 6. The van der Waals surface area contributed by atoms with Crippen molar-refractivity contribution in [2.75, 3.05) is 27.3 Å². The van der Waals surface area contributed by atoms with Crippen LogP contribution < -0.4 is 14.4 Å². The lowest BCUT2D eigenvalue weighted by Crippen LogP contribution is -3.11. The van der Waals surface area contributed by atoms with Crippen LogP contribution in [0.3, 0.4) is 0 Å². The van der Waals surface area contributed by atoms with Crippen LogP contribution in [0.2, 0.25) is 0 Å². The number of likely N-dealkylation sites (tertiary alicyclic amines) is 1. The second kappa shape index (κ2) is 8.51. The van der Waals surface area contributed by atoms with Crippen molar-refractivity contribution in [1.29, 1.82) is 0 Å². The fraction of sp³-hybridized carbons (Fsp3) is 0.375. The molecule has 0 amide bonds. The molecule has 1 saturated heterocycles. The number of nitrogens with one attached hydrogen (secondary N) is 1. The topological polar surface area (TPSA) is 66.0 Å². The van der Waals surface area contributed by atoms with Crippen molar-refractivity contribution in [3.05, 3.63) is 60.2 Å². The Hall–Kier alpha value is -3.19. The molecule has 1 N–H and O–H groups in total. The lowest BCUT2D eigenvalue weighted by Gasteiger charge is -2.28. The SMILES string of the molecule is COc1cc2ncn3c(C[NH+]4CCC(Cc5ccccc5)CC4)nnc3c2cc1OC. The van der Waals surface area contributed by atoms with Gasteiger partial charge in [-0.2, -0.15) is 0 Å². The average molecular weight is 419 g/mol. The minimum Gasteiger partial charge on any atom is -0.493 e. The molecule has 7 nitrogen and oxygen atoms in total. The summed E-state index contributed by atoms with van der Waals surface area (Å²) in [6, 6.07) is 14.6. The van der Waals surface area contributed by atoms with E-state index in [1.165, 1.54) is 37.9 Å². The Bertz CT molecular complexity index is 1180. The minimum atomic E-state index is 0.661. The van der Waals surface area contributed by atoms with E-state index in [1.807, 2.05) is 22.9 Å². The molecule has 4 aromatic rings. The summed E-state index contributed by atoms with van der Waals surface area (Å²) in [6.07, 6.45) is 5.50. The first-order valence-corrected chi connectivity index (χ1v) is 10.9. The van der Waals surface area contributed by atoms with Gasteiger partial charge in [-0.25, -0.2) is 4.98 Å². The first kappa shape index (κ1) is 19.8. The van der Waals surface area contributed by atoms with Gasteiger partial charge in [0.1, 0.15) is 12.9 Å². The van der Waals surface area contributed by atoms with E-state index in [1.54, 1.807) is 19.1 Å². The summed E-state index contributed by atoms with van der Waals surface area (Å²) in [4.78, 5) is 6.18. The van der Waals surface area contributed by atoms with Gasteiger partial charge < -0.3 is 14.4 Å². The number of hydrogen-bond donors (Lipinski definition) is 1. The maximum absolute atomic E-state index is 5.46. The third-order valence-electron chi connectivity index (χ3n) is 6.41. The van der Waals surface area contributed by atoms with E-state index in [2.05, 4.69) is 45.5 Å². The van der Waals surface area contributed by atoms with E-state index >= 15 is 0 Å². The van der Waals surface area contributed by atoms with Crippen LogP contribution in [-0.4, -0.2) is 46.9 Å². The lowest BCUT2D eigenvalue weighted by molar-refractivity contribution is -0.920. The number of fused-ring (bicyclic) bond motifs is 3. The molecule has 0 spiro atoms. The summed E-state index contributed by atoms with van der Waals surface area (Å²) in [6.45, 7) is 3.19. The molecule has 1 fully saturated rings. The molecular weight excluding hydrogens is 390 g/mol. The van der Waals surface area contributed by atoms with E-state index in [0.717, 1.165) is 34.8 Å². The summed E-state index contributed by atoms with van der Waals surface area (Å²) in [7, 11) is 3.26. The summed E-state index contributed by atoms with van der Waals surface area (Å²) >= 11 is 0. The van der Waals surface area contributed by atoms with Gasteiger partial charge in [0.15, 0.2) is 23.0 Å². The smallest absolute Gasteiger partial charge is 0.193 e. The summed E-state index contributed by atoms with van der Waals surface area (Å²) in [5.74, 6) is 3.06. The largest absolute Gasteiger partial charge is 0.493 e. The van der Waals surface area contributed by atoms with Crippen molar-refractivity contribution < 1.29 is 14.4 Å². The molecule has 1 aliphatic heterocycles. The van der Waals surface area contributed by atoms with Crippen molar-refractivity contribution in [1.82, 2.24) is 19.6 Å². The second-order valence-electron chi connectivity index (χ2n) is 8.34. The van der Waals surface area contributed by atoms with Gasteiger partial charge in [0.25, 0.3) is 0 Å². The number of ether oxygens (including phenoxy) is 2. The zero-order valence-electron chi connectivity index (χ0n) is 18.0. The predicted molar refractivity (Wildman–Crippen MR) is 119 cm³/mol. The monoisotopic (exact) mass is 418 g/mol. The van der Waals surface area contributed by atoms with Crippen LogP contribution in [0, 0.1) is 5.92 Å². The first-order valence-electron chi connectivity index (χ1n) is 10.9. The molecule has 1 aliphatic rings. The molecule has 0 radical (unpaired) electrons. The van der Waals surface area contributed by atoms with Crippen LogP contribution in [0.25, 0.3) is 16.6 Å². The molecule has 0 saturated carbocycles. The normalized spacial score (nSPS) is 19.0. The number of quaternary nitrogens is 1. The maximum Gasteiger partial charge on any atom is 0.193 e. The van der Waals surface area contributed by atoms with Crippen LogP contribution in [0.5, 0.6) is 11.5 Å². The fourth-order valence-corrected chi connectivity index (χ4v) is 4.66. The third kappa shape index (κ3) is 3.93. The Labute approximate surface area is 181 Å². The maximum atomic E-state index is 5.46. The van der Waals surface area contributed by atoms with E-state index < -0.39 is 0 Å². The highest BCUT2D eigenvalue weighted by Crippen LogP contribution is 2.32. The minimum absolute atomic E-state index is 0.661. The zero-order chi connectivity index (χ0) is 21.2. The van der Waals surface area contributed by atoms with E-state index in [4.69, 9.17) is 9.47 Å². The van der Waals surface area contributed by atoms with Crippen molar-refractivity contribution in [3.63, 3.8) is 0 Å². The standard InChI is InChI=1S/C24H27N5O2/c1-30-21-13-19-20(14-22(21)31-2)25-16-29-23(26-27-24(19)29)15-28-10-8-18(9-11-28)12-17-6-4-3-5-7-17/h3-7,13-14,16,18H,8-12,15H2,1-2H3/p+1. The zero-order valence-corrected chi connectivity index (χ0v) is 18.0. The van der Waals surface area contributed by atoms with Crippen LogP contribution in [0.15, 0.2) is 48.8 Å². The van der Waals surface area contributed by atoms with Gasteiger partial charge in [0, 0.05) is 11.5 Å². The van der Waals surface area contributed by atoms with Crippen molar-refractivity contribution in [3.8, 4) is 11.5 Å². The van der Waals surface area contributed by atoms with Crippen molar-refractivity contribution in [2.24, 2.45) is 5.92 Å². The highest BCUT2D eigenvalue weighted by Gasteiger charge is 2.24. The lowest BCUT2D eigenvalue weighted by atomic mass is 9.90. The van der Waals surface area contributed by atoms with Crippen LogP contribution in [-0.2, 0) is 13.0 Å². The highest BCUT2D eigenvalue weighted by molar-refractivity contribution is 5.93. The molecule has 0 atom stereocenters. The summed E-state index contributed by atoms with van der Waals surface area (Å²) in [5.41, 5.74) is 3.07. The second-order valence-corrected chi connectivity index (χ2v) is 8.34. The van der Waals surface area contributed by atoms with Gasteiger partial charge in [-0.15, -0.1) is 10.2 Å². The van der Waals surface area contributed by atoms with Crippen LogP contribution >= 0.6 is 0 Å². The number of benzene rings is 2. The fourth-order valence-electron chi connectivity index (χ4n) is 4.66. The molecule has 5 rings (SSSR count). The molecule has 31 heavy (non-hydrogen) atoms. The first-order chi connectivity index (χ1) is 15.2. The molecule has 0 bridgehead atoms. The molecule has 2 aromatic carbocycles. The number of aromatic nitrogens is 4. The third-order valence-corrected chi connectivity index (χ3v) is 6.41. The predicted octanol–water partition coefficient (Wildman–Crippen LogP) is 2.33. The van der Waals surface area contributed by atoms with Gasteiger partial charge in [-0.05, 0) is 36.8 Å². The quantitative estimate of drug-likeness (QED) is 0.521. The Balaban J connectivity index is 1.31. The Morgan fingerprint density at radius 3 is 2.48 bits per heavy atom. The van der Waals surface area contributed by atoms with E-state index in [9.17, 15) is 0 Å². The molecule has 7 heteroatoms. The number of piperidine rings is 1. The average Bonchev–Trinajstić information content (AvgIpc) is 3.23. The molecular formula is C24H28N5O2+. The summed E-state index contributed by atoms with van der Waals surface area (Å²) < 4.78 is 12.9. The molecule has 3 heterocycles. The van der Waals surface area contributed by atoms with Gasteiger partial charge in [-0.1, -0.05) is 30.3 Å². The molecule has 2 aromatic heterocycles. The Kier molecular flexibility index (Phi) is 5.42. The van der Waals surface area contributed by atoms with E-state index in [-0.39, 0.29) is 0 Å². The van der Waals surface area contributed by atoms with Crippen LogP contribution in [0.4, 0.5) is 0 Å². The molecule has 0 aliphatic carbocycles.